The predicted octanol–water partition coefficient (Wildman–Crippen LogP) is 3.36. The number of pyridine rings is 1. The lowest BCUT2D eigenvalue weighted by atomic mass is 9.93. The number of nitriles is 1. The van der Waals surface area contributed by atoms with Crippen LogP contribution in [-0.2, 0) is 0 Å². The van der Waals surface area contributed by atoms with Crippen LogP contribution in [-0.4, -0.2) is 10.8 Å². The monoisotopic (exact) mass is 274 g/mol. The Morgan fingerprint density at radius 3 is 2.84 bits per heavy atom. The van der Waals surface area contributed by atoms with Crippen molar-refractivity contribution in [2.24, 2.45) is 0 Å². The number of nitrogens with zero attached hydrogens (tertiary/aromatic N) is 2. The SMILES string of the molecule is N#CC(C(=O)c1cc(Cl)ccc1F)c1cccnc1. The Morgan fingerprint density at radius 2 is 2.21 bits per heavy atom. The standard InChI is InChI=1S/C14H8ClFN2O/c15-10-3-4-13(16)11(6-10)14(19)12(7-17)9-2-1-5-18-8-9/h1-6,8,12H. The van der Waals surface area contributed by atoms with E-state index in [1.54, 1.807) is 12.1 Å². The van der Waals surface area contributed by atoms with E-state index in [4.69, 9.17) is 16.9 Å². The molecular weight excluding hydrogens is 267 g/mol. The van der Waals surface area contributed by atoms with Crippen molar-refractivity contribution in [1.82, 2.24) is 4.98 Å². The lowest BCUT2D eigenvalue weighted by Crippen LogP contribution is -2.13. The first-order valence-corrected chi connectivity index (χ1v) is 5.80. The first-order chi connectivity index (χ1) is 9.13. The van der Waals surface area contributed by atoms with Crippen LogP contribution in [0, 0.1) is 17.1 Å². The van der Waals surface area contributed by atoms with E-state index >= 15 is 0 Å². The molecule has 0 amide bonds. The summed E-state index contributed by atoms with van der Waals surface area (Å²) in [7, 11) is 0. The maximum atomic E-state index is 13.6. The Hall–Kier alpha value is -2.25. The van der Waals surface area contributed by atoms with Crippen LogP contribution >= 0.6 is 11.6 Å². The van der Waals surface area contributed by atoms with Gasteiger partial charge in [-0.3, -0.25) is 9.78 Å². The quantitative estimate of drug-likeness (QED) is 0.807. The Balaban J connectivity index is 2.43. The fourth-order valence-corrected chi connectivity index (χ4v) is 1.85. The van der Waals surface area contributed by atoms with Crippen LogP contribution in [0.2, 0.25) is 5.02 Å². The molecule has 0 saturated carbocycles. The normalized spacial score (nSPS) is 11.6. The van der Waals surface area contributed by atoms with Crippen molar-refractivity contribution in [3.63, 3.8) is 0 Å². The molecule has 0 radical (unpaired) electrons. The summed E-state index contributed by atoms with van der Waals surface area (Å²) in [4.78, 5) is 16.0. The maximum absolute atomic E-state index is 13.6. The van der Waals surface area contributed by atoms with Gasteiger partial charge in [0.15, 0.2) is 5.78 Å². The molecular formula is C14H8ClFN2O. The third-order valence-electron chi connectivity index (χ3n) is 2.60. The van der Waals surface area contributed by atoms with Crippen LogP contribution in [0.25, 0.3) is 0 Å². The van der Waals surface area contributed by atoms with Gasteiger partial charge in [-0.25, -0.2) is 4.39 Å². The van der Waals surface area contributed by atoms with Gasteiger partial charge in [-0.15, -0.1) is 0 Å². The van der Waals surface area contributed by atoms with Gasteiger partial charge in [0.1, 0.15) is 11.7 Å². The van der Waals surface area contributed by atoms with E-state index in [2.05, 4.69) is 4.98 Å². The van der Waals surface area contributed by atoms with E-state index in [0.29, 0.717) is 5.56 Å². The average molecular weight is 275 g/mol. The molecule has 0 bridgehead atoms. The number of carbonyl (C=O) groups excluding carboxylic acids is 1. The minimum atomic E-state index is -1.10. The van der Waals surface area contributed by atoms with E-state index in [-0.39, 0.29) is 10.6 Å². The van der Waals surface area contributed by atoms with Crippen molar-refractivity contribution in [3.05, 3.63) is 64.7 Å². The molecule has 0 aliphatic rings. The minimum Gasteiger partial charge on any atom is -0.292 e. The van der Waals surface area contributed by atoms with Gasteiger partial charge in [0.2, 0.25) is 0 Å². The molecule has 0 fully saturated rings. The molecule has 0 aliphatic heterocycles. The molecule has 0 saturated heterocycles. The van der Waals surface area contributed by atoms with Crippen LogP contribution in [0.15, 0.2) is 42.7 Å². The molecule has 0 aliphatic carbocycles. The Labute approximate surface area is 114 Å². The molecule has 1 aromatic carbocycles. The smallest absolute Gasteiger partial charge is 0.187 e. The van der Waals surface area contributed by atoms with Crippen molar-refractivity contribution in [1.29, 1.82) is 5.26 Å². The summed E-state index contributed by atoms with van der Waals surface area (Å²) in [5.74, 6) is -2.42. The van der Waals surface area contributed by atoms with E-state index in [9.17, 15) is 9.18 Å². The summed E-state index contributed by atoms with van der Waals surface area (Å²) in [6.45, 7) is 0. The highest BCUT2D eigenvalue weighted by Gasteiger charge is 2.24. The molecule has 2 aromatic rings. The third-order valence-corrected chi connectivity index (χ3v) is 2.84. The van der Waals surface area contributed by atoms with Gasteiger partial charge in [-0.2, -0.15) is 5.26 Å². The predicted molar refractivity (Wildman–Crippen MR) is 68.3 cm³/mol. The molecule has 2 rings (SSSR count). The van der Waals surface area contributed by atoms with Gasteiger partial charge in [-0.1, -0.05) is 17.7 Å². The van der Waals surface area contributed by atoms with Crippen LogP contribution in [0.3, 0.4) is 0 Å². The molecule has 3 nitrogen and oxygen atoms in total. The topological polar surface area (TPSA) is 53.8 Å². The van der Waals surface area contributed by atoms with E-state index < -0.39 is 17.5 Å². The zero-order chi connectivity index (χ0) is 13.8. The second-order valence-corrected chi connectivity index (χ2v) is 4.27. The maximum Gasteiger partial charge on any atom is 0.187 e. The number of carbonyl (C=O) groups is 1. The molecule has 94 valence electrons. The molecule has 19 heavy (non-hydrogen) atoms. The first-order valence-electron chi connectivity index (χ1n) is 5.42. The molecule has 0 spiro atoms. The van der Waals surface area contributed by atoms with Gasteiger partial charge in [0.25, 0.3) is 0 Å². The van der Waals surface area contributed by atoms with Gasteiger partial charge >= 0.3 is 0 Å². The van der Waals surface area contributed by atoms with Crippen molar-refractivity contribution in [2.45, 2.75) is 5.92 Å². The molecule has 5 heteroatoms. The number of ketones is 1. The summed E-state index contributed by atoms with van der Waals surface area (Å²) < 4.78 is 13.6. The number of benzene rings is 1. The van der Waals surface area contributed by atoms with Crippen LogP contribution in [0.5, 0.6) is 0 Å². The molecule has 0 N–H and O–H groups in total. The molecule has 1 heterocycles. The van der Waals surface area contributed by atoms with Gasteiger partial charge in [0, 0.05) is 17.4 Å². The van der Waals surface area contributed by atoms with Crippen LogP contribution in [0.1, 0.15) is 21.8 Å². The van der Waals surface area contributed by atoms with Gasteiger partial charge < -0.3 is 0 Å². The van der Waals surface area contributed by atoms with Gasteiger partial charge in [-0.05, 0) is 29.8 Å². The molecule has 1 unspecified atom stereocenters. The van der Waals surface area contributed by atoms with E-state index in [1.165, 1.54) is 24.5 Å². The first kappa shape index (κ1) is 13.2. The number of hydrogen-bond donors (Lipinski definition) is 0. The number of rotatable bonds is 3. The number of hydrogen-bond acceptors (Lipinski definition) is 3. The van der Waals surface area contributed by atoms with Crippen molar-refractivity contribution in [2.75, 3.05) is 0 Å². The number of halogens is 2. The van der Waals surface area contributed by atoms with Crippen LogP contribution in [0.4, 0.5) is 4.39 Å². The zero-order valence-corrected chi connectivity index (χ0v) is 10.4. The lowest BCUT2D eigenvalue weighted by molar-refractivity contribution is 0.0975. The highest BCUT2D eigenvalue weighted by molar-refractivity contribution is 6.31. The summed E-state index contributed by atoms with van der Waals surface area (Å²) in [6, 6.07) is 8.75. The second-order valence-electron chi connectivity index (χ2n) is 3.84. The Morgan fingerprint density at radius 1 is 1.42 bits per heavy atom. The molecule has 1 aromatic heterocycles. The Kier molecular flexibility index (Phi) is 3.88. The summed E-state index contributed by atoms with van der Waals surface area (Å²) in [6.07, 6.45) is 2.94. The average Bonchev–Trinajstić information content (AvgIpc) is 2.43. The highest BCUT2D eigenvalue weighted by atomic mass is 35.5. The van der Waals surface area contributed by atoms with Crippen molar-refractivity contribution in [3.8, 4) is 6.07 Å². The lowest BCUT2D eigenvalue weighted by Gasteiger charge is -2.09. The fraction of sp³-hybridized carbons (Fsp3) is 0.0714. The van der Waals surface area contributed by atoms with Crippen molar-refractivity contribution < 1.29 is 9.18 Å². The molecule has 1 atom stereocenters. The fourth-order valence-electron chi connectivity index (χ4n) is 1.67. The van der Waals surface area contributed by atoms with Gasteiger partial charge in [0.05, 0.1) is 11.6 Å². The van der Waals surface area contributed by atoms with Crippen LogP contribution < -0.4 is 0 Å². The van der Waals surface area contributed by atoms with E-state index in [0.717, 1.165) is 6.07 Å². The largest absolute Gasteiger partial charge is 0.292 e. The number of Topliss-reactive ketones (excluding diaryl/α,β-unsaturated/α-hetero) is 1. The summed E-state index contributed by atoms with van der Waals surface area (Å²) in [5.41, 5.74) is 0.234. The minimum absolute atomic E-state index is 0.192. The van der Waals surface area contributed by atoms with Crippen molar-refractivity contribution >= 4 is 17.4 Å². The highest BCUT2D eigenvalue weighted by Crippen LogP contribution is 2.23. The van der Waals surface area contributed by atoms with E-state index in [1.807, 2.05) is 6.07 Å². The second kappa shape index (κ2) is 5.59. The Bertz CT molecular complexity index is 652. The summed E-state index contributed by atoms with van der Waals surface area (Å²) >= 11 is 5.74. The zero-order valence-electron chi connectivity index (χ0n) is 9.68. The number of aromatic nitrogens is 1. The summed E-state index contributed by atoms with van der Waals surface area (Å²) in [5, 5.41) is 9.36. The third kappa shape index (κ3) is 2.78.